The van der Waals surface area contributed by atoms with E-state index in [4.69, 9.17) is 4.52 Å². The fraction of sp³-hybridized carbons (Fsp3) is 0.333. The third-order valence-electron chi connectivity index (χ3n) is 3.84. The van der Waals surface area contributed by atoms with E-state index in [9.17, 15) is 4.79 Å². The predicted octanol–water partition coefficient (Wildman–Crippen LogP) is 3.23. The number of hydrogen-bond acceptors (Lipinski definition) is 5. The predicted molar refractivity (Wildman–Crippen MR) is 90.5 cm³/mol. The van der Waals surface area contributed by atoms with E-state index >= 15 is 0 Å². The number of para-hydroxylation sites is 1. The van der Waals surface area contributed by atoms with E-state index in [0.29, 0.717) is 35.9 Å². The maximum absolute atomic E-state index is 12.9. The van der Waals surface area contributed by atoms with E-state index in [0.717, 1.165) is 18.2 Å². The number of benzene rings is 1. The van der Waals surface area contributed by atoms with Gasteiger partial charge in [0.2, 0.25) is 5.89 Å². The van der Waals surface area contributed by atoms with Gasteiger partial charge < -0.3 is 9.42 Å². The molecule has 0 spiro atoms. The summed E-state index contributed by atoms with van der Waals surface area (Å²) in [7, 11) is 0. The van der Waals surface area contributed by atoms with Crippen LogP contribution in [0.1, 0.15) is 42.3 Å². The molecule has 0 atom stereocenters. The zero-order valence-electron chi connectivity index (χ0n) is 13.9. The summed E-state index contributed by atoms with van der Waals surface area (Å²) in [5, 5.41) is 4.91. The molecule has 124 valence electrons. The van der Waals surface area contributed by atoms with Crippen molar-refractivity contribution in [2.45, 2.75) is 33.2 Å². The molecule has 3 rings (SSSR count). The SMILES string of the molecule is CCCc1nc(CN(CC)C(=O)c2cccc3cccnc23)no1. The van der Waals surface area contributed by atoms with Crippen LogP contribution in [0.5, 0.6) is 0 Å². The number of nitrogens with zero attached hydrogens (tertiary/aromatic N) is 4. The number of fused-ring (bicyclic) bond motifs is 1. The lowest BCUT2D eigenvalue weighted by molar-refractivity contribution is 0.0749. The summed E-state index contributed by atoms with van der Waals surface area (Å²) in [5.41, 5.74) is 1.30. The average Bonchev–Trinajstić information content (AvgIpc) is 3.06. The van der Waals surface area contributed by atoms with Gasteiger partial charge in [-0.3, -0.25) is 9.78 Å². The summed E-state index contributed by atoms with van der Waals surface area (Å²) in [6, 6.07) is 9.44. The fourth-order valence-electron chi connectivity index (χ4n) is 2.61. The van der Waals surface area contributed by atoms with Crippen LogP contribution in [-0.4, -0.2) is 32.5 Å². The first-order valence-corrected chi connectivity index (χ1v) is 8.17. The Morgan fingerprint density at radius 2 is 2.04 bits per heavy atom. The van der Waals surface area contributed by atoms with Crippen LogP contribution >= 0.6 is 0 Å². The molecule has 0 saturated carbocycles. The first-order valence-electron chi connectivity index (χ1n) is 8.17. The van der Waals surface area contributed by atoms with E-state index < -0.39 is 0 Å². The van der Waals surface area contributed by atoms with E-state index in [1.54, 1.807) is 17.2 Å². The van der Waals surface area contributed by atoms with E-state index in [1.165, 1.54) is 0 Å². The Morgan fingerprint density at radius 3 is 2.83 bits per heavy atom. The largest absolute Gasteiger partial charge is 0.339 e. The first-order chi connectivity index (χ1) is 11.7. The van der Waals surface area contributed by atoms with Gasteiger partial charge in [0, 0.05) is 24.5 Å². The van der Waals surface area contributed by atoms with Crippen molar-refractivity contribution in [2.75, 3.05) is 6.54 Å². The lowest BCUT2D eigenvalue weighted by atomic mass is 10.1. The molecule has 0 saturated heterocycles. The molecule has 3 aromatic rings. The zero-order chi connectivity index (χ0) is 16.9. The van der Waals surface area contributed by atoms with Crippen molar-refractivity contribution in [3.05, 3.63) is 53.8 Å². The van der Waals surface area contributed by atoms with Gasteiger partial charge in [-0.05, 0) is 25.5 Å². The van der Waals surface area contributed by atoms with Crippen LogP contribution in [-0.2, 0) is 13.0 Å². The highest BCUT2D eigenvalue weighted by molar-refractivity contribution is 6.05. The Bertz CT molecular complexity index is 838. The molecule has 1 aromatic carbocycles. The van der Waals surface area contributed by atoms with E-state index in [-0.39, 0.29) is 5.91 Å². The lowest BCUT2D eigenvalue weighted by Gasteiger charge is -2.19. The molecule has 6 nitrogen and oxygen atoms in total. The molecular formula is C18H20N4O2. The fourth-order valence-corrected chi connectivity index (χ4v) is 2.61. The molecule has 0 aliphatic heterocycles. The second kappa shape index (κ2) is 7.21. The molecule has 1 amide bonds. The molecule has 24 heavy (non-hydrogen) atoms. The molecule has 0 aliphatic rings. The smallest absolute Gasteiger partial charge is 0.256 e. The first kappa shape index (κ1) is 16.1. The van der Waals surface area contributed by atoms with Crippen LogP contribution in [0.25, 0.3) is 10.9 Å². The molecule has 0 aliphatic carbocycles. The number of hydrogen-bond donors (Lipinski definition) is 0. The van der Waals surface area contributed by atoms with Gasteiger partial charge in [0.05, 0.1) is 17.6 Å². The highest BCUT2D eigenvalue weighted by Crippen LogP contribution is 2.18. The summed E-state index contributed by atoms with van der Waals surface area (Å²) in [4.78, 5) is 23.3. The number of carbonyl (C=O) groups excluding carboxylic acids is 1. The van der Waals surface area contributed by atoms with Gasteiger partial charge in [-0.25, -0.2) is 0 Å². The topological polar surface area (TPSA) is 72.1 Å². The van der Waals surface area contributed by atoms with Gasteiger partial charge in [0.15, 0.2) is 5.82 Å². The minimum absolute atomic E-state index is 0.0800. The van der Waals surface area contributed by atoms with Crippen molar-refractivity contribution in [1.82, 2.24) is 20.0 Å². The van der Waals surface area contributed by atoms with Gasteiger partial charge in [0.25, 0.3) is 5.91 Å². The minimum atomic E-state index is -0.0800. The highest BCUT2D eigenvalue weighted by atomic mass is 16.5. The van der Waals surface area contributed by atoms with Crippen LogP contribution in [0.15, 0.2) is 41.1 Å². The Hall–Kier alpha value is -2.76. The summed E-state index contributed by atoms with van der Waals surface area (Å²) >= 11 is 0. The third-order valence-corrected chi connectivity index (χ3v) is 3.84. The molecule has 0 fully saturated rings. The van der Waals surface area contributed by atoms with Gasteiger partial charge in [0.1, 0.15) is 0 Å². The summed E-state index contributed by atoms with van der Waals surface area (Å²) < 4.78 is 5.19. The monoisotopic (exact) mass is 324 g/mol. The molecule has 0 bridgehead atoms. The molecule has 0 radical (unpaired) electrons. The molecular weight excluding hydrogens is 304 g/mol. The number of carbonyl (C=O) groups is 1. The summed E-state index contributed by atoms with van der Waals surface area (Å²) in [6.07, 6.45) is 3.39. The highest BCUT2D eigenvalue weighted by Gasteiger charge is 2.19. The normalized spacial score (nSPS) is 10.9. The maximum atomic E-state index is 12.9. The molecule has 2 heterocycles. The number of amides is 1. The van der Waals surface area contributed by atoms with E-state index in [1.807, 2.05) is 31.2 Å². The Balaban J connectivity index is 1.85. The van der Waals surface area contributed by atoms with Crippen molar-refractivity contribution < 1.29 is 9.32 Å². The molecule has 2 aromatic heterocycles. The van der Waals surface area contributed by atoms with E-state index in [2.05, 4.69) is 22.0 Å². The Labute approximate surface area is 140 Å². The number of aryl methyl sites for hydroxylation is 1. The molecule has 0 unspecified atom stereocenters. The van der Waals surface area contributed by atoms with Gasteiger partial charge >= 0.3 is 0 Å². The van der Waals surface area contributed by atoms with Crippen LogP contribution in [0, 0.1) is 0 Å². The maximum Gasteiger partial charge on any atom is 0.256 e. The van der Waals surface area contributed by atoms with Gasteiger partial charge in [-0.2, -0.15) is 4.98 Å². The zero-order valence-corrected chi connectivity index (χ0v) is 13.9. The summed E-state index contributed by atoms with van der Waals surface area (Å²) in [5.74, 6) is 1.06. The second-order valence-electron chi connectivity index (χ2n) is 5.55. The molecule has 6 heteroatoms. The second-order valence-corrected chi connectivity index (χ2v) is 5.55. The van der Waals surface area contributed by atoms with Crippen LogP contribution in [0.3, 0.4) is 0 Å². The number of aromatic nitrogens is 3. The molecule has 0 N–H and O–H groups in total. The van der Waals surface area contributed by atoms with Gasteiger partial charge in [-0.15, -0.1) is 0 Å². The van der Waals surface area contributed by atoms with Crippen LogP contribution < -0.4 is 0 Å². The third kappa shape index (κ3) is 3.27. The lowest BCUT2D eigenvalue weighted by Crippen LogP contribution is -2.31. The van der Waals surface area contributed by atoms with Crippen molar-refractivity contribution in [3.63, 3.8) is 0 Å². The number of pyridine rings is 1. The van der Waals surface area contributed by atoms with Crippen molar-refractivity contribution >= 4 is 16.8 Å². The quantitative estimate of drug-likeness (QED) is 0.696. The number of rotatable bonds is 6. The van der Waals surface area contributed by atoms with Crippen LogP contribution in [0.2, 0.25) is 0 Å². The van der Waals surface area contributed by atoms with Crippen molar-refractivity contribution in [3.8, 4) is 0 Å². The minimum Gasteiger partial charge on any atom is -0.339 e. The van der Waals surface area contributed by atoms with Crippen molar-refractivity contribution in [1.29, 1.82) is 0 Å². The summed E-state index contributed by atoms with van der Waals surface area (Å²) in [6.45, 7) is 4.87. The Morgan fingerprint density at radius 1 is 1.21 bits per heavy atom. The van der Waals surface area contributed by atoms with Crippen molar-refractivity contribution in [2.24, 2.45) is 0 Å². The average molecular weight is 324 g/mol. The standard InChI is InChI=1S/C18H20N4O2/c1-3-7-16-20-15(21-24-16)12-22(4-2)18(23)14-10-5-8-13-9-6-11-19-17(13)14/h5-6,8-11H,3-4,7,12H2,1-2H3. The Kier molecular flexibility index (Phi) is 4.84. The van der Waals surface area contributed by atoms with Gasteiger partial charge in [-0.1, -0.05) is 30.3 Å². The van der Waals surface area contributed by atoms with Crippen LogP contribution in [0.4, 0.5) is 0 Å².